The second kappa shape index (κ2) is 9.40. The summed E-state index contributed by atoms with van der Waals surface area (Å²) in [6, 6.07) is 7.81. The number of imide groups is 1. The average molecular weight is 449 g/mol. The van der Waals surface area contributed by atoms with Crippen molar-refractivity contribution in [1.29, 1.82) is 0 Å². The van der Waals surface area contributed by atoms with Gasteiger partial charge in [0.25, 0.3) is 17.7 Å². The molecule has 7 nitrogen and oxygen atoms in total. The Hall–Kier alpha value is -2.71. The summed E-state index contributed by atoms with van der Waals surface area (Å²) in [6.07, 6.45) is 1.57. The van der Waals surface area contributed by atoms with Crippen molar-refractivity contribution < 1.29 is 23.9 Å². The lowest BCUT2D eigenvalue weighted by molar-refractivity contribution is -0.133. The van der Waals surface area contributed by atoms with Crippen LogP contribution in [0.5, 0.6) is 0 Å². The number of benzene rings is 1. The number of carbonyl (C=O) groups is 4. The van der Waals surface area contributed by atoms with Gasteiger partial charge in [0, 0.05) is 18.5 Å². The molecular weight excluding hydrogens is 428 g/mol. The highest BCUT2D eigenvalue weighted by Crippen LogP contribution is 2.25. The molecule has 1 aliphatic heterocycles. The van der Waals surface area contributed by atoms with Gasteiger partial charge >= 0.3 is 5.97 Å². The Kier molecular flexibility index (Phi) is 6.89. The number of likely N-dealkylation sites (N-methyl/N-ethyl adjacent to an activating group) is 1. The van der Waals surface area contributed by atoms with Crippen molar-refractivity contribution in [3.05, 3.63) is 56.2 Å². The van der Waals surface area contributed by atoms with E-state index in [4.69, 9.17) is 16.3 Å². The molecule has 0 saturated carbocycles. The third-order valence-electron chi connectivity index (χ3n) is 4.72. The molecule has 2 aromatic rings. The van der Waals surface area contributed by atoms with Crippen LogP contribution in [0, 0.1) is 0 Å². The van der Waals surface area contributed by atoms with Gasteiger partial charge in [0.1, 0.15) is 0 Å². The summed E-state index contributed by atoms with van der Waals surface area (Å²) in [5.74, 6) is -1.87. The highest BCUT2D eigenvalue weighted by atomic mass is 35.5. The van der Waals surface area contributed by atoms with Gasteiger partial charge in [-0.2, -0.15) is 0 Å². The quantitative estimate of drug-likeness (QED) is 0.455. The fourth-order valence-electron chi connectivity index (χ4n) is 3.02. The zero-order valence-corrected chi connectivity index (χ0v) is 18.2. The van der Waals surface area contributed by atoms with Crippen LogP contribution in [0.25, 0.3) is 0 Å². The van der Waals surface area contributed by atoms with Gasteiger partial charge in [-0.05, 0) is 36.8 Å². The molecular formula is C21H21ClN2O5S. The summed E-state index contributed by atoms with van der Waals surface area (Å²) in [6.45, 7) is 2.25. The molecule has 0 radical (unpaired) electrons. The maximum atomic E-state index is 12.5. The number of esters is 1. The number of halogens is 1. The number of hydrogen-bond acceptors (Lipinski definition) is 6. The molecule has 3 rings (SSSR count). The number of ether oxygens (including phenoxy) is 1. The predicted octanol–water partition coefficient (Wildman–Crippen LogP) is 3.61. The molecule has 0 atom stereocenters. The SMILES string of the molecule is CCCCN1C(=O)c2ccc(C(=O)OCC(=O)N(C)Cc3ccc(Cl)s3)cc2C1=O. The Bertz CT molecular complexity index is 1000. The fourth-order valence-corrected chi connectivity index (χ4v) is 4.16. The monoisotopic (exact) mass is 448 g/mol. The van der Waals surface area contributed by atoms with Crippen molar-refractivity contribution in [1.82, 2.24) is 9.80 Å². The van der Waals surface area contributed by atoms with E-state index in [2.05, 4.69) is 0 Å². The normalized spacial score (nSPS) is 12.8. The Morgan fingerprint density at radius 1 is 1.13 bits per heavy atom. The largest absolute Gasteiger partial charge is 0.452 e. The molecule has 9 heteroatoms. The van der Waals surface area contributed by atoms with Gasteiger partial charge < -0.3 is 9.64 Å². The number of fused-ring (bicyclic) bond motifs is 1. The van der Waals surface area contributed by atoms with Gasteiger partial charge in [0.15, 0.2) is 6.61 Å². The van der Waals surface area contributed by atoms with Crippen LogP contribution in [0.15, 0.2) is 30.3 Å². The Labute approximate surface area is 183 Å². The van der Waals surface area contributed by atoms with Gasteiger partial charge in [-0.3, -0.25) is 19.3 Å². The highest BCUT2D eigenvalue weighted by molar-refractivity contribution is 7.16. The van der Waals surface area contributed by atoms with Gasteiger partial charge in [0.2, 0.25) is 0 Å². The van der Waals surface area contributed by atoms with Crippen molar-refractivity contribution in [3.8, 4) is 0 Å². The molecule has 0 spiro atoms. The van der Waals surface area contributed by atoms with Crippen molar-refractivity contribution in [2.75, 3.05) is 20.2 Å². The lowest BCUT2D eigenvalue weighted by Gasteiger charge is -2.16. The molecule has 0 unspecified atom stereocenters. The van der Waals surface area contributed by atoms with E-state index in [9.17, 15) is 19.2 Å². The molecule has 2 heterocycles. The maximum absolute atomic E-state index is 12.5. The molecule has 0 N–H and O–H groups in total. The molecule has 30 heavy (non-hydrogen) atoms. The zero-order valence-electron chi connectivity index (χ0n) is 16.6. The van der Waals surface area contributed by atoms with Crippen LogP contribution in [0.4, 0.5) is 0 Å². The minimum atomic E-state index is -0.731. The lowest BCUT2D eigenvalue weighted by atomic mass is 10.1. The molecule has 0 fully saturated rings. The fraction of sp³-hybridized carbons (Fsp3) is 0.333. The highest BCUT2D eigenvalue weighted by Gasteiger charge is 2.35. The number of thiophene rings is 1. The first kappa shape index (κ1) is 22.0. The first-order chi connectivity index (χ1) is 14.3. The molecule has 1 aromatic heterocycles. The number of carbonyl (C=O) groups excluding carboxylic acids is 4. The second-order valence-electron chi connectivity index (χ2n) is 6.91. The number of rotatable bonds is 8. The van der Waals surface area contributed by atoms with Crippen LogP contribution >= 0.6 is 22.9 Å². The van der Waals surface area contributed by atoms with Crippen molar-refractivity contribution >= 4 is 46.6 Å². The van der Waals surface area contributed by atoms with E-state index in [0.29, 0.717) is 23.8 Å². The second-order valence-corrected chi connectivity index (χ2v) is 8.71. The summed E-state index contributed by atoms with van der Waals surface area (Å²) in [5.41, 5.74) is 0.578. The van der Waals surface area contributed by atoms with Crippen LogP contribution in [0.1, 0.15) is 55.7 Å². The first-order valence-electron chi connectivity index (χ1n) is 9.47. The van der Waals surface area contributed by atoms with Crippen molar-refractivity contribution in [3.63, 3.8) is 0 Å². The first-order valence-corrected chi connectivity index (χ1v) is 10.7. The third kappa shape index (κ3) is 4.71. The summed E-state index contributed by atoms with van der Waals surface area (Å²) < 4.78 is 5.74. The molecule has 158 valence electrons. The van der Waals surface area contributed by atoms with Crippen LogP contribution in [-0.4, -0.2) is 53.7 Å². The Morgan fingerprint density at radius 2 is 1.87 bits per heavy atom. The molecule has 0 bridgehead atoms. The van der Waals surface area contributed by atoms with Gasteiger partial charge in [-0.15, -0.1) is 11.3 Å². The predicted molar refractivity (Wildman–Crippen MR) is 113 cm³/mol. The van der Waals surface area contributed by atoms with Crippen molar-refractivity contribution in [2.45, 2.75) is 26.3 Å². The zero-order chi connectivity index (χ0) is 21.8. The van der Waals surface area contributed by atoms with Crippen molar-refractivity contribution in [2.24, 2.45) is 0 Å². The Balaban J connectivity index is 1.60. The van der Waals surface area contributed by atoms with E-state index in [-0.39, 0.29) is 28.5 Å². The topological polar surface area (TPSA) is 84.0 Å². The van der Waals surface area contributed by atoms with Gasteiger partial charge in [-0.1, -0.05) is 24.9 Å². The number of nitrogens with zero attached hydrogens (tertiary/aromatic N) is 2. The van der Waals surface area contributed by atoms with Crippen LogP contribution in [0.2, 0.25) is 4.34 Å². The van der Waals surface area contributed by atoms with Crippen LogP contribution in [-0.2, 0) is 16.1 Å². The third-order valence-corrected chi connectivity index (χ3v) is 5.93. The smallest absolute Gasteiger partial charge is 0.338 e. The van der Waals surface area contributed by atoms with Crippen LogP contribution in [0.3, 0.4) is 0 Å². The van der Waals surface area contributed by atoms with E-state index < -0.39 is 18.5 Å². The minimum Gasteiger partial charge on any atom is -0.452 e. The number of unbranched alkanes of at least 4 members (excludes halogenated alkanes) is 1. The van der Waals surface area contributed by atoms with E-state index in [0.717, 1.165) is 11.3 Å². The molecule has 3 amide bonds. The number of amides is 3. The summed E-state index contributed by atoms with van der Waals surface area (Å²) >= 11 is 7.26. The lowest BCUT2D eigenvalue weighted by Crippen LogP contribution is -2.30. The standard InChI is InChI=1S/C21H21ClN2O5S/c1-3-4-9-24-19(26)15-7-5-13(10-16(15)20(24)27)21(28)29-12-18(25)23(2)11-14-6-8-17(22)30-14/h5-8,10H,3-4,9,11-12H2,1-2H3. The minimum absolute atomic E-state index is 0.118. The average Bonchev–Trinajstić information content (AvgIpc) is 3.24. The molecule has 1 aromatic carbocycles. The molecule has 1 aliphatic rings. The van der Waals surface area contributed by atoms with Gasteiger partial charge in [0.05, 0.1) is 27.6 Å². The Morgan fingerprint density at radius 3 is 2.53 bits per heavy atom. The summed E-state index contributed by atoms with van der Waals surface area (Å²) in [7, 11) is 1.61. The molecule has 0 aliphatic carbocycles. The van der Waals surface area contributed by atoms with E-state index >= 15 is 0 Å². The van der Waals surface area contributed by atoms with E-state index in [1.807, 2.05) is 13.0 Å². The molecule has 0 saturated heterocycles. The number of hydrogen-bond donors (Lipinski definition) is 0. The maximum Gasteiger partial charge on any atom is 0.338 e. The van der Waals surface area contributed by atoms with Gasteiger partial charge in [-0.25, -0.2) is 4.79 Å². The summed E-state index contributed by atoms with van der Waals surface area (Å²) in [5, 5.41) is 0. The summed E-state index contributed by atoms with van der Waals surface area (Å²) in [4.78, 5) is 53.0. The van der Waals surface area contributed by atoms with Crippen LogP contribution < -0.4 is 0 Å². The van der Waals surface area contributed by atoms with E-state index in [1.54, 1.807) is 13.1 Å². The van der Waals surface area contributed by atoms with E-state index in [1.165, 1.54) is 39.3 Å².